The van der Waals surface area contributed by atoms with E-state index < -0.39 is 17.0 Å². The monoisotopic (exact) mass is 339 g/mol. The number of hydrogen-bond acceptors (Lipinski definition) is 5. The Kier molecular flexibility index (Phi) is 3.42. The highest BCUT2D eigenvalue weighted by Crippen LogP contribution is 2.36. The molecule has 0 fully saturated rings. The summed E-state index contributed by atoms with van der Waals surface area (Å²) in [5, 5.41) is 1.78. The number of fused-ring (bicyclic) bond motifs is 4. The molecule has 1 N–H and O–H groups in total. The summed E-state index contributed by atoms with van der Waals surface area (Å²) in [7, 11) is 0. The standard InChI is InChI=1S/C18H13NO4S/c1-2-23-18(22)16-15(21)12-14(20)11-8-7-9-5-3-4-6-10(9)13(11)19-17(12)24-16/h3-8,16H,2H2,1H3,(H,19,20). The predicted octanol–water partition coefficient (Wildman–Crippen LogP) is 2.90. The average Bonchev–Trinajstić information content (AvgIpc) is 2.92. The lowest BCUT2D eigenvalue weighted by molar-refractivity contribution is -0.141. The van der Waals surface area contributed by atoms with E-state index in [-0.39, 0.29) is 17.6 Å². The van der Waals surface area contributed by atoms with E-state index in [0.29, 0.717) is 15.9 Å². The number of rotatable bonds is 2. The van der Waals surface area contributed by atoms with Crippen LogP contribution in [0.15, 0.2) is 46.2 Å². The molecular formula is C18H13NO4S. The quantitative estimate of drug-likeness (QED) is 0.441. The lowest BCUT2D eigenvalue weighted by Crippen LogP contribution is -2.27. The number of hydrogen-bond donors (Lipinski definition) is 1. The minimum Gasteiger partial charge on any atom is -0.465 e. The van der Waals surface area contributed by atoms with Crippen molar-refractivity contribution in [3.63, 3.8) is 0 Å². The fourth-order valence-electron chi connectivity index (χ4n) is 3.00. The second-order valence-corrected chi connectivity index (χ2v) is 6.60. The van der Waals surface area contributed by atoms with Gasteiger partial charge in [-0.25, -0.2) is 0 Å². The molecule has 0 bridgehead atoms. The number of nitrogens with one attached hydrogen (secondary N) is 1. The third kappa shape index (κ3) is 2.06. The van der Waals surface area contributed by atoms with Gasteiger partial charge in [-0.15, -0.1) is 0 Å². The molecule has 0 aliphatic carbocycles. The summed E-state index contributed by atoms with van der Waals surface area (Å²) in [5.41, 5.74) is 0.399. The molecule has 0 radical (unpaired) electrons. The maximum atomic E-state index is 12.8. The highest BCUT2D eigenvalue weighted by atomic mass is 32.2. The van der Waals surface area contributed by atoms with Crippen molar-refractivity contribution in [1.82, 2.24) is 4.98 Å². The van der Waals surface area contributed by atoms with E-state index in [1.165, 1.54) is 0 Å². The first-order valence-corrected chi connectivity index (χ1v) is 8.45. The fraction of sp³-hybridized carbons (Fsp3) is 0.167. The van der Waals surface area contributed by atoms with E-state index in [9.17, 15) is 14.4 Å². The molecule has 2 aromatic carbocycles. The van der Waals surface area contributed by atoms with Crippen LogP contribution < -0.4 is 5.43 Å². The maximum absolute atomic E-state index is 12.8. The predicted molar refractivity (Wildman–Crippen MR) is 92.7 cm³/mol. The van der Waals surface area contributed by atoms with Gasteiger partial charge in [0.05, 0.1) is 22.7 Å². The lowest BCUT2D eigenvalue weighted by Gasteiger charge is -2.06. The van der Waals surface area contributed by atoms with E-state index in [2.05, 4.69) is 4.98 Å². The van der Waals surface area contributed by atoms with Crippen molar-refractivity contribution >= 4 is 45.2 Å². The van der Waals surface area contributed by atoms with Crippen LogP contribution in [0.2, 0.25) is 0 Å². The first-order chi connectivity index (χ1) is 11.6. The molecule has 24 heavy (non-hydrogen) atoms. The van der Waals surface area contributed by atoms with Crippen molar-refractivity contribution < 1.29 is 14.3 Å². The molecule has 0 saturated carbocycles. The molecule has 3 aromatic rings. The Bertz CT molecular complexity index is 1070. The number of carbonyl (C=O) groups excluding carboxylic acids is 2. The Labute approximate surface area is 141 Å². The van der Waals surface area contributed by atoms with Crippen LogP contribution in [-0.4, -0.2) is 28.6 Å². The summed E-state index contributed by atoms with van der Waals surface area (Å²) in [5.74, 6) is -1.09. The molecule has 0 saturated heterocycles. The van der Waals surface area contributed by atoms with Crippen molar-refractivity contribution in [3.8, 4) is 0 Å². The lowest BCUT2D eigenvalue weighted by atomic mass is 10.0. The summed E-state index contributed by atoms with van der Waals surface area (Å²) in [6.07, 6.45) is 0. The first kappa shape index (κ1) is 15.0. The Morgan fingerprint density at radius 3 is 2.75 bits per heavy atom. The van der Waals surface area contributed by atoms with Gasteiger partial charge in [0.1, 0.15) is 0 Å². The number of carbonyl (C=O) groups is 2. The van der Waals surface area contributed by atoms with E-state index in [1.54, 1.807) is 13.0 Å². The summed E-state index contributed by atoms with van der Waals surface area (Å²) in [6, 6.07) is 11.3. The second kappa shape index (κ2) is 5.49. The summed E-state index contributed by atoms with van der Waals surface area (Å²) in [4.78, 5) is 40.4. The average molecular weight is 339 g/mol. The largest absolute Gasteiger partial charge is 0.465 e. The number of aromatic amines is 1. The zero-order valence-corrected chi connectivity index (χ0v) is 13.6. The van der Waals surface area contributed by atoms with Gasteiger partial charge in [-0.1, -0.05) is 42.1 Å². The van der Waals surface area contributed by atoms with Gasteiger partial charge in [-0.3, -0.25) is 14.4 Å². The van der Waals surface area contributed by atoms with Crippen molar-refractivity contribution in [2.45, 2.75) is 17.2 Å². The summed E-state index contributed by atoms with van der Waals surface area (Å²) in [6.45, 7) is 1.88. The number of thioether (sulfide) groups is 1. The number of esters is 1. The van der Waals surface area contributed by atoms with Crippen LogP contribution >= 0.6 is 11.8 Å². The van der Waals surface area contributed by atoms with Gasteiger partial charge in [-0.2, -0.15) is 0 Å². The molecule has 1 atom stereocenters. The van der Waals surface area contributed by atoms with E-state index in [4.69, 9.17) is 4.74 Å². The van der Waals surface area contributed by atoms with Crippen molar-refractivity contribution in [2.75, 3.05) is 6.61 Å². The third-order valence-corrected chi connectivity index (χ3v) is 5.27. The molecule has 2 heterocycles. The molecule has 1 aliphatic heterocycles. The molecule has 4 rings (SSSR count). The molecule has 5 nitrogen and oxygen atoms in total. The normalized spacial score (nSPS) is 16.5. The summed E-state index contributed by atoms with van der Waals surface area (Å²) >= 11 is 1.05. The van der Waals surface area contributed by atoms with Crippen molar-refractivity contribution in [2.24, 2.45) is 0 Å². The zero-order valence-electron chi connectivity index (χ0n) is 12.8. The number of H-pyrrole nitrogens is 1. The van der Waals surface area contributed by atoms with E-state index in [0.717, 1.165) is 22.5 Å². The smallest absolute Gasteiger partial charge is 0.327 e. The Balaban J connectivity index is 1.96. The van der Waals surface area contributed by atoms with Gasteiger partial charge >= 0.3 is 5.97 Å². The Hall–Kier alpha value is -2.60. The van der Waals surface area contributed by atoms with Crippen LogP contribution in [0, 0.1) is 0 Å². The molecule has 0 amide bonds. The minimum absolute atomic E-state index is 0.0563. The fourth-order valence-corrected chi connectivity index (χ4v) is 4.09. The Morgan fingerprint density at radius 1 is 1.17 bits per heavy atom. The topological polar surface area (TPSA) is 76.2 Å². The minimum atomic E-state index is -1.01. The molecule has 0 spiro atoms. The molecule has 1 unspecified atom stereocenters. The number of pyridine rings is 1. The SMILES string of the molecule is CCOC(=O)C1Sc2[nH]c3c(ccc4ccccc43)c(=O)c2C1=O. The molecule has 6 heteroatoms. The summed E-state index contributed by atoms with van der Waals surface area (Å²) < 4.78 is 4.94. The highest BCUT2D eigenvalue weighted by molar-refractivity contribution is 8.02. The van der Waals surface area contributed by atoms with Gasteiger partial charge in [0, 0.05) is 10.8 Å². The zero-order chi connectivity index (χ0) is 16.8. The van der Waals surface area contributed by atoms with Gasteiger partial charge in [0.15, 0.2) is 11.0 Å². The number of ketones is 1. The van der Waals surface area contributed by atoms with Crippen LogP contribution in [-0.2, 0) is 9.53 Å². The van der Waals surface area contributed by atoms with Gasteiger partial charge in [-0.05, 0) is 18.4 Å². The van der Waals surface area contributed by atoms with Gasteiger partial charge < -0.3 is 9.72 Å². The number of ether oxygens (including phenoxy) is 1. The molecule has 1 aliphatic rings. The maximum Gasteiger partial charge on any atom is 0.327 e. The van der Waals surface area contributed by atoms with Crippen molar-refractivity contribution in [3.05, 3.63) is 52.2 Å². The molecule has 120 valence electrons. The first-order valence-electron chi connectivity index (χ1n) is 7.57. The number of aromatic nitrogens is 1. The van der Waals surface area contributed by atoms with Crippen molar-refractivity contribution in [1.29, 1.82) is 0 Å². The number of benzene rings is 2. The number of Topliss-reactive ketones (excluding diaryl/α,β-unsaturated/α-hetero) is 1. The van der Waals surface area contributed by atoms with Gasteiger partial charge in [0.2, 0.25) is 5.43 Å². The second-order valence-electron chi connectivity index (χ2n) is 5.48. The van der Waals surface area contributed by atoms with Crippen LogP contribution in [0.3, 0.4) is 0 Å². The Morgan fingerprint density at radius 2 is 1.96 bits per heavy atom. The van der Waals surface area contributed by atoms with E-state index >= 15 is 0 Å². The molecular weight excluding hydrogens is 326 g/mol. The molecule has 1 aromatic heterocycles. The van der Waals surface area contributed by atoms with Gasteiger partial charge in [0.25, 0.3) is 0 Å². The third-order valence-electron chi connectivity index (χ3n) is 4.09. The van der Waals surface area contributed by atoms with Crippen LogP contribution in [0.5, 0.6) is 0 Å². The van der Waals surface area contributed by atoms with E-state index in [1.807, 2.05) is 30.3 Å². The highest BCUT2D eigenvalue weighted by Gasteiger charge is 2.40. The van der Waals surface area contributed by atoms with Crippen LogP contribution in [0.1, 0.15) is 17.3 Å². The van der Waals surface area contributed by atoms with Crippen LogP contribution in [0.25, 0.3) is 21.7 Å². The van der Waals surface area contributed by atoms with Crippen LogP contribution in [0.4, 0.5) is 0 Å².